The Kier molecular flexibility index (Phi) is 3.14. The van der Waals surface area contributed by atoms with Gasteiger partial charge in [0, 0.05) is 10.9 Å². The SMILES string of the molecule is c1coc(-c2cc3c4ccccc4nc(-c4cccc5ccccc45)n3n2)c1. The first kappa shape index (κ1) is 15.2. The lowest BCUT2D eigenvalue weighted by Gasteiger charge is -2.10. The molecule has 132 valence electrons. The molecule has 4 heteroatoms. The molecule has 0 atom stereocenters. The molecular formula is C24H15N3O. The van der Waals surface area contributed by atoms with Crippen LogP contribution in [0.4, 0.5) is 0 Å². The second kappa shape index (κ2) is 5.79. The molecule has 0 radical (unpaired) electrons. The molecule has 3 aromatic heterocycles. The summed E-state index contributed by atoms with van der Waals surface area (Å²) in [7, 11) is 0. The van der Waals surface area contributed by atoms with Gasteiger partial charge in [0.05, 0.1) is 17.3 Å². The molecule has 0 amide bonds. The molecule has 0 aliphatic carbocycles. The minimum atomic E-state index is 0.747. The van der Waals surface area contributed by atoms with E-state index >= 15 is 0 Å². The largest absolute Gasteiger partial charge is 0.463 e. The highest BCUT2D eigenvalue weighted by Crippen LogP contribution is 2.32. The van der Waals surface area contributed by atoms with E-state index in [1.165, 1.54) is 5.39 Å². The molecule has 0 bridgehead atoms. The van der Waals surface area contributed by atoms with Crippen LogP contribution in [0.2, 0.25) is 0 Å². The lowest BCUT2D eigenvalue weighted by atomic mass is 10.0. The van der Waals surface area contributed by atoms with Crippen LogP contribution in [0.25, 0.3) is 50.0 Å². The third kappa shape index (κ3) is 2.18. The molecule has 28 heavy (non-hydrogen) atoms. The number of furan rings is 1. The Morgan fingerprint density at radius 1 is 0.750 bits per heavy atom. The van der Waals surface area contributed by atoms with E-state index in [1.807, 2.05) is 34.8 Å². The van der Waals surface area contributed by atoms with Gasteiger partial charge in [-0.1, -0.05) is 60.7 Å². The van der Waals surface area contributed by atoms with Gasteiger partial charge in [-0.25, -0.2) is 9.50 Å². The highest BCUT2D eigenvalue weighted by Gasteiger charge is 2.16. The van der Waals surface area contributed by atoms with E-state index < -0.39 is 0 Å². The molecule has 0 saturated carbocycles. The zero-order chi connectivity index (χ0) is 18.5. The van der Waals surface area contributed by atoms with Crippen LogP contribution in [0.5, 0.6) is 0 Å². The molecule has 3 aromatic carbocycles. The Bertz CT molecular complexity index is 1460. The number of aromatic nitrogens is 3. The normalized spacial score (nSPS) is 11.6. The van der Waals surface area contributed by atoms with Crippen LogP contribution in [-0.2, 0) is 0 Å². The van der Waals surface area contributed by atoms with Crippen molar-refractivity contribution in [2.75, 3.05) is 0 Å². The lowest BCUT2D eigenvalue weighted by Crippen LogP contribution is -1.99. The van der Waals surface area contributed by atoms with Crippen molar-refractivity contribution in [3.8, 4) is 22.8 Å². The van der Waals surface area contributed by atoms with Crippen molar-refractivity contribution < 1.29 is 4.42 Å². The second-order valence-electron chi connectivity index (χ2n) is 6.78. The van der Waals surface area contributed by atoms with E-state index in [2.05, 4.69) is 54.6 Å². The minimum Gasteiger partial charge on any atom is -0.463 e. The molecule has 4 nitrogen and oxygen atoms in total. The van der Waals surface area contributed by atoms with Gasteiger partial charge in [-0.3, -0.25) is 0 Å². The summed E-state index contributed by atoms with van der Waals surface area (Å²) in [4.78, 5) is 4.99. The van der Waals surface area contributed by atoms with E-state index in [0.717, 1.165) is 44.6 Å². The van der Waals surface area contributed by atoms with Crippen LogP contribution < -0.4 is 0 Å². The van der Waals surface area contributed by atoms with Gasteiger partial charge in [0.15, 0.2) is 11.6 Å². The van der Waals surface area contributed by atoms with Gasteiger partial charge in [-0.05, 0) is 35.0 Å². The van der Waals surface area contributed by atoms with Gasteiger partial charge in [0.1, 0.15) is 5.69 Å². The van der Waals surface area contributed by atoms with Crippen molar-refractivity contribution in [1.82, 2.24) is 14.6 Å². The van der Waals surface area contributed by atoms with Crippen molar-refractivity contribution in [1.29, 1.82) is 0 Å². The average molecular weight is 361 g/mol. The maximum Gasteiger partial charge on any atom is 0.162 e. The molecule has 6 aromatic rings. The standard InChI is InChI=1S/C24H15N3O/c1-2-9-17-16(7-1)8-5-11-18(17)24-25-20-12-4-3-10-19(20)22-15-21(26-27(22)24)23-13-6-14-28-23/h1-15H. The molecule has 0 fully saturated rings. The second-order valence-corrected chi connectivity index (χ2v) is 6.78. The Morgan fingerprint density at radius 3 is 2.46 bits per heavy atom. The number of nitrogens with zero attached hydrogens (tertiary/aromatic N) is 3. The molecule has 0 unspecified atom stereocenters. The lowest BCUT2D eigenvalue weighted by molar-refractivity contribution is 0.579. The molecule has 0 spiro atoms. The monoisotopic (exact) mass is 361 g/mol. The predicted octanol–water partition coefficient (Wildman–Crippen LogP) is 5.96. The summed E-state index contributed by atoms with van der Waals surface area (Å²) in [6.07, 6.45) is 1.67. The third-order valence-corrected chi connectivity index (χ3v) is 5.12. The number of hydrogen-bond acceptors (Lipinski definition) is 3. The number of hydrogen-bond donors (Lipinski definition) is 0. The van der Waals surface area contributed by atoms with E-state index in [0.29, 0.717) is 0 Å². The van der Waals surface area contributed by atoms with Gasteiger partial charge >= 0.3 is 0 Å². The minimum absolute atomic E-state index is 0.747. The number of rotatable bonds is 2. The molecule has 3 heterocycles. The number of fused-ring (bicyclic) bond motifs is 4. The van der Waals surface area contributed by atoms with E-state index in [1.54, 1.807) is 6.26 Å². The Morgan fingerprint density at radius 2 is 1.57 bits per heavy atom. The van der Waals surface area contributed by atoms with Crippen LogP contribution in [-0.4, -0.2) is 14.6 Å². The van der Waals surface area contributed by atoms with Gasteiger partial charge in [-0.2, -0.15) is 5.10 Å². The van der Waals surface area contributed by atoms with E-state index in [4.69, 9.17) is 14.5 Å². The Labute approximate surface area is 160 Å². The molecule has 0 aliphatic rings. The summed E-state index contributed by atoms with van der Waals surface area (Å²) in [5.41, 5.74) is 3.82. The zero-order valence-corrected chi connectivity index (χ0v) is 14.9. The zero-order valence-electron chi connectivity index (χ0n) is 14.9. The maximum absolute atomic E-state index is 5.58. The Balaban J connectivity index is 1.76. The van der Waals surface area contributed by atoms with Crippen molar-refractivity contribution in [2.24, 2.45) is 0 Å². The quantitative estimate of drug-likeness (QED) is 0.382. The van der Waals surface area contributed by atoms with Crippen LogP contribution in [0.15, 0.2) is 95.6 Å². The molecule has 0 aliphatic heterocycles. The van der Waals surface area contributed by atoms with Crippen molar-refractivity contribution in [3.05, 3.63) is 91.2 Å². The summed E-state index contributed by atoms with van der Waals surface area (Å²) in [5.74, 6) is 1.57. The summed E-state index contributed by atoms with van der Waals surface area (Å²) >= 11 is 0. The topological polar surface area (TPSA) is 43.3 Å². The highest BCUT2D eigenvalue weighted by atomic mass is 16.3. The summed E-state index contributed by atoms with van der Waals surface area (Å²) in [6, 6.07) is 28.7. The fourth-order valence-electron chi connectivity index (χ4n) is 3.82. The van der Waals surface area contributed by atoms with Gasteiger partial charge in [-0.15, -0.1) is 0 Å². The number of para-hydroxylation sites is 1. The Hall–Kier alpha value is -3.92. The van der Waals surface area contributed by atoms with Crippen molar-refractivity contribution >= 4 is 27.2 Å². The first-order valence-electron chi connectivity index (χ1n) is 9.19. The van der Waals surface area contributed by atoms with E-state index in [9.17, 15) is 0 Å². The average Bonchev–Trinajstić information content (AvgIpc) is 3.43. The van der Waals surface area contributed by atoms with E-state index in [-0.39, 0.29) is 0 Å². The third-order valence-electron chi connectivity index (χ3n) is 5.12. The van der Waals surface area contributed by atoms with Crippen molar-refractivity contribution in [3.63, 3.8) is 0 Å². The van der Waals surface area contributed by atoms with Gasteiger partial charge in [0.25, 0.3) is 0 Å². The first-order chi connectivity index (χ1) is 13.9. The van der Waals surface area contributed by atoms with Crippen LogP contribution in [0.1, 0.15) is 0 Å². The molecule has 0 N–H and O–H groups in total. The summed E-state index contributed by atoms with van der Waals surface area (Å²) < 4.78 is 7.51. The van der Waals surface area contributed by atoms with Crippen LogP contribution in [0, 0.1) is 0 Å². The van der Waals surface area contributed by atoms with Gasteiger partial charge in [0.2, 0.25) is 0 Å². The summed E-state index contributed by atoms with van der Waals surface area (Å²) in [6.45, 7) is 0. The fourth-order valence-corrected chi connectivity index (χ4v) is 3.82. The fraction of sp³-hybridized carbons (Fsp3) is 0. The van der Waals surface area contributed by atoms with Crippen LogP contribution in [0.3, 0.4) is 0 Å². The first-order valence-corrected chi connectivity index (χ1v) is 9.19. The van der Waals surface area contributed by atoms with Gasteiger partial charge < -0.3 is 4.42 Å². The maximum atomic E-state index is 5.58. The van der Waals surface area contributed by atoms with Crippen molar-refractivity contribution in [2.45, 2.75) is 0 Å². The molecular weight excluding hydrogens is 346 g/mol. The molecule has 6 rings (SSSR count). The van der Waals surface area contributed by atoms with Crippen LogP contribution >= 0.6 is 0 Å². The highest BCUT2D eigenvalue weighted by molar-refractivity contribution is 6.00. The predicted molar refractivity (Wildman–Crippen MR) is 111 cm³/mol. The summed E-state index contributed by atoms with van der Waals surface area (Å²) in [5, 5.41) is 8.25. The smallest absolute Gasteiger partial charge is 0.162 e. The number of benzene rings is 3. The molecule has 0 saturated heterocycles.